The van der Waals surface area contributed by atoms with Gasteiger partial charge in [0, 0.05) is 73.1 Å². The lowest BCUT2D eigenvalue weighted by molar-refractivity contribution is -0.137. The largest absolute Gasteiger partial charge is 0.343 e. The fourth-order valence-electron chi connectivity index (χ4n) is 4.85. The van der Waals surface area contributed by atoms with Crippen molar-refractivity contribution < 1.29 is 4.79 Å². The Labute approximate surface area is 212 Å². The molecule has 5 rings (SSSR count). The minimum absolute atomic E-state index is 0.126. The highest BCUT2D eigenvalue weighted by atomic mass is 16.2. The Hall–Kier alpha value is -3.81. The molecule has 3 aromatic heterocycles. The second-order valence-corrected chi connectivity index (χ2v) is 10.0. The third-order valence-corrected chi connectivity index (χ3v) is 7.29. The first-order valence-corrected chi connectivity index (χ1v) is 12.6. The number of amides is 1. The van der Waals surface area contributed by atoms with E-state index in [0.717, 1.165) is 53.5 Å². The Morgan fingerprint density at radius 1 is 0.889 bits per heavy atom. The molecule has 0 unspecified atom stereocenters. The normalized spacial score (nSPS) is 17.9. The summed E-state index contributed by atoms with van der Waals surface area (Å²) in [6.07, 6.45) is 15.3. The van der Waals surface area contributed by atoms with Gasteiger partial charge in [0.15, 0.2) is 5.82 Å². The predicted molar refractivity (Wildman–Crippen MR) is 140 cm³/mol. The number of hydrogen-bond donors (Lipinski definition) is 0. The smallest absolute Gasteiger partial charge is 0.225 e. The summed E-state index contributed by atoms with van der Waals surface area (Å²) in [5.74, 6) is 1.08. The maximum absolute atomic E-state index is 12.7. The van der Waals surface area contributed by atoms with Gasteiger partial charge >= 0.3 is 0 Å². The van der Waals surface area contributed by atoms with Gasteiger partial charge in [-0.3, -0.25) is 14.2 Å². The monoisotopic (exact) mass is 483 g/mol. The van der Waals surface area contributed by atoms with E-state index < -0.39 is 0 Å². The zero-order chi connectivity index (χ0) is 25.2. The van der Waals surface area contributed by atoms with Gasteiger partial charge in [0.25, 0.3) is 0 Å². The van der Waals surface area contributed by atoms with Crippen LogP contribution in [0.1, 0.15) is 45.6 Å². The first-order chi connectivity index (χ1) is 17.4. The van der Waals surface area contributed by atoms with Crippen LogP contribution in [0.25, 0.3) is 33.6 Å². The van der Waals surface area contributed by atoms with Gasteiger partial charge < -0.3 is 4.90 Å². The van der Waals surface area contributed by atoms with Crippen LogP contribution in [0.2, 0.25) is 0 Å². The minimum Gasteiger partial charge on any atom is -0.343 e. The molecule has 1 amide bonds. The van der Waals surface area contributed by atoms with Crippen LogP contribution in [0.3, 0.4) is 0 Å². The van der Waals surface area contributed by atoms with Gasteiger partial charge in [-0.2, -0.15) is 10.2 Å². The van der Waals surface area contributed by atoms with Crippen LogP contribution in [0.5, 0.6) is 0 Å². The van der Waals surface area contributed by atoms with Gasteiger partial charge in [0.1, 0.15) is 0 Å². The van der Waals surface area contributed by atoms with Crippen LogP contribution in [0.4, 0.5) is 0 Å². The van der Waals surface area contributed by atoms with E-state index in [1.807, 2.05) is 66.8 Å². The summed E-state index contributed by atoms with van der Waals surface area (Å²) in [6.45, 7) is 4.12. The van der Waals surface area contributed by atoms with E-state index in [-0.39, 0.29) is 17.9 Å². The molecule has 1 aliphatic carbocycles. The van der Waals surface area contributed by atoms with Crippen LogP contribution < -0.4 is 0 Å². The zero-order valence-corrected chi connectivity index (χ0v) is 21.4. The molecular weight excluding hydrogens is 450 g/mol. The average Bonchev–Trinajstić information content (AvgIpc) is 3.58. The number of aryl methyl sites for hydroxylation is 1. The van der Waals surface area contributed by atoms with Crippen molar-refractivity contribution in [2.45, 2.75) is 51.6 Å². The van der Waals surface area contributed by atoms with E-state index in [2.05, 4.69) is 52.3 Å². The van der Waals surface area contributed by atoms with Crippen molar-refractivity contribution >= 4 is 5.91 Å². The third kappa shape index (κ3) is 4.94. The second-order valence-electron chi connectivity index (χ2n) is 10.0. The van der Waals surface area contributed by atoms with Crippen molar-refractivity contribution in [1.82, 2.24) is 34.4 Å². The number of nitrogens with zero attached hydrogens (tertiary/aromatic N) is 7. The van der Waals surface area contributed by atoms with Gasteiger partial charge in [-0.1, -0.05) is 18.2 Å². The Bertz CT molecular complexity index is 1330. The SMILES string of the molecule is CC(C)N(C)C(=O)[C@H]1CC[C@H](n2cc(-c3cnc(-c4cccc(-c5cnn(C)c5)c4)nc3)cn2)CC1. The Morgan fingerprint density at radius 2 is 1.56 bits per heavy atom. The van der Waals surface area contributed by atoms with Crippen LogP contribution >= 0.6 is 0 Å². The number of hydrogen-bond acceptors (Lipinski definition) is 5. The van der Waals surface area contributed by atoms with E-state index >= 15 is 0 Å². The predicted octanol–water partition coefficient (Wildman–Crippen LogP) is 5.01. The topological polar surface area (TPSA) is 81.7 Å². The Morgan fingerprint density at radius 3 is 2.22 bits per heavy atom. The lowest BCUT2D eigenvalue weighted by Crippen LogP contribution is -2.39. The molecule has 0 N–H and O–H groups in total. The molecule has 8 nitrogen and oxygen atoms in total. The van der Waals surface area contributed by atoms with Crippen LogP contribution in [-0.4, -0.2) is 53.4 Å². The molecule has 1 aliphatic rings. The molecule has 186 valence electrons. The molecule has 0 aliphatic heterocycles. The van der Waals surface area contributed by atoms with Crippen molar-refractivity contribution in [1.29, 1.82) is 0 Å². The Kier molecular flexibility index (Phi) is 6.67. The number of rotatable bonds is 6. The van der Waals surface area contributed by atoms with E-state index in [9.17, 15) is 4.79 Å². The third-order valence-electron chi connectivity index (χ3n) is 7.29. The zero-order valence-electron chi connectivity index (χ0n) is 21.4. The summed E-state index contributed by atoms with van der Waals surface area (Å²) >= 11 is 0. The van der Waals surface area contributed by atoms with E-state index in [1.54, 1.807) is 4.68 Å². The first-order valence-electron chi connectivity index (χ1n) is 12.6. The molecule has 3 heterocycles. The molecule has 0 saturated heterocycles. The molecule has 1 aromatic carbocycles. The van der Waals surface area contributed by atoms with Crippen molar-refractivity contribution in [3.05, 3.63) is 61.4 Å². The van der Waals surface area contributed by atoms with Crippen molar-refractivity contribution in [3.63, 3.8) is 0 Å². The lowest BCUT2D eigenvalue weighted by Gasteiger charge is -2.32. The van der Waals surface area contributed by atoms with Crippen LogP contribution in [0, 0.1) is 5.92 Å². The standard InChI is InChI=1S/C28H33N7O/c1-19(2)34(4)28(36)20-8-10-26(11-9-20)35-18-25(16-32-35)23-13-29-27(30-14-23)22-7-5-6-21(12-22)24-15-31-33(3)17-24/h5-7,12-20,26H,8-11H2,1-4H3/t20-,26-. The number of carbonyl (C=O) groups is 1. The van der Waals surface area contributed by atoms with Crippen LogP contribution in [-0.2, 0) is 11.8 Å². The van der Waals surface area contributed by atoms with Gasteiger partial charge in [-0.25, -0.2) is 9.97 Å². The molecule has 1 fully saturated rings. The second kappa shape index (κ2) is 10.0. The molecule has 0 spiro atoms. The van der Waals surface area contributed by atoms with Gasteiger partial charge in [0.05, 0.1) is 18.4 Å². The van der Waals surface area contributed by atoms with E-state index in [0.29, 0.717) is 11.9 Å². The molecule has 8 heteroatoms. The van der Waals surface area contributed by atoms with Gasteiger partial charge in [0.2, 0.25) is 5.91 Å². The fourth-order valence-corrected chi connectivity index (χ4v) is 4.85. The minimum atomic E-state index is 0.126. The highest BCUT2D eigenvalue weighted by Crippen LogP contribution is 2.34. The number of benzene rings is 1. The summed E-state index contributed by atoms with van der Waals surface area (Å²) < 4.78 is 3.84. The number of aromatic nitrogens is 6. The van der Waals surface area contributed by atoms with E-state index in [1.165, 1.54) is 0 Å². The summed E-state index contributed by atoms with van der Waals surface area (Å²) in [4.78, 5) is 23.8. The molecular formula is C28H33N7O. The Balaban J connectivity index is 1.25. The molecule has 36 heavy (non-hydrogen) atoms. The summed E-state index contributed by atoms with van der Waals surface area (Å²) in [5.41, 5.74) is 5.06. The van der Waals surface area contributed by atoms with Crippen LogP contribution in [0.15, 0.2) is 61.4 Å². The molecule has 0 radical (unpaired) electrons. The average molecular weight is 484 g/mol. The summed E-state index contributed by atoms with van der Waals surface area (Å²) in [6, 6.07) is 8.75. The van der Waals surface area contributed by atoms with Gasteiger partial charge in [-0.05, 0) is 51.2 Å². The number of carbonyl (C=O) groups excluding carboxylic acids is 1. The van der Waals surface area contributed by atoms with E-state index in [4.69, 9.17) is 0 Å². The summed E-state index contributed by atoms with van der Waals surface area (Å²) in [5, 5.41) is 8.90. The molecule has 1 saturated carbocycles. The van der Waals surface area contributed by atoms with Crippen molar-refractivity contribution in [3.8, 4) is 33.6 Å². The van der Waals surface area contributed by atoms with Crippen molar-refractivity contribution in [2.24, 2.45) is 13.0 Å². The quantitative estimate of drug-likeness (QED) is 0.385. The van der Waals surface area contributed by atoms with Crippen molar-refractivity contribution in [2.75, 3.05) is 7.05 Å². The fraction of sp³-hybridized carbons (Fsp3) is 0.393. The molecule has 0 bridgehead atoms. The summed E-state index contributed by atoms with van der Waals surface area (Å²) in [7, 11) is 3.82. The maximum atomic E-state index is 12.7. The van der Waals surface area contributed by atoms with Gasteiger partial charge in [-0.15, -0.1) is 0 Å². The highest BCUT2D eigenvalue weighted by molar-refractivity contribution is 5.79. The lowest BCUT2D eigenvalue weighted by atomic mass is 9.85. The highest BCUT2D eigenvalue weighted by Gasteiger charge is 2.30. The molecule has 4 aromatic rings. The maximum Gasteiger partial charge on any atom is 0.225 e. The first kappa shape index (κ1) is 23.9. The molecule has 0 atom stereocenters.